The molecule has 1 saturated carbocycles. The van der Waals surface area contributed by atoms with Crippen LogP contribution in [0.2, 0.25) is 0 Å². The molecular formula is C12H19NO3. The lowest BCUT2D eigenvalue weighted by Gasteiger charge is -2.23. The Hall–Kier alpha value is -1.06. The van der Waals surface area contributed by atoms with Crippen LogP contribution in [0.3, 0.4) is 0 Å². The van der Waals surface area contributed by atoms with Crippen molar-refractivity contribution in [2.24, 2.45) is 5.92 Å². The molecule has 1 atom stereocenters. The normalized spacial score (nSPS) is 26.4. The number of hydrogen-bond donors (Lipinski definition) is 0. The molecule has 1 saturated heterocycles. The van der Waals surface area contributed by atoms with Gasteiger partial charge in [0.2, 0.25) is 5.91 Å². The van der Waals surface area contributed by atoms with Gasteiger partial charge in [0.15, 0.2) is 0 Å². The lowest BCUT2D eigenvalue weighted by atomic mass is 10.1. The molecule has 0 bridgehead atoms. The quantitative estimate of drug-likeness (QED) is 0.681. The largest absolute Gasteiger partial charge is 0.466 e. The van der Waals surface area contributed by atoms with Gasteiger partial charge in [-0.25, -0.2) is 0 Å². The van der Waals surface area contributed by atoms with E-state index in [1.54, 1.807) is 6.92 Å². The van der Waals surface area contributed by atoms with Gasteiger partial charge in [0.1, 0.15) is 0 Å². The highest BCUT2D eigenvalue weighted by molar-refractivity contribution is 5.87. The molecule has 1 heterocycles. The molecule has 4 heteroatoms. The molecule has 0 spiro atoms. The molecule has 0 aromatic heterocycles. The summed E-state index contributed by atoms with van der Waals surface area (Å²) in [6.45, 7) is 2.76. The molecule has 4 nitrogen and oxygen atoms in total. The van der Waals surface area contributed by atoms with Gasteiger partial charge in [0.25, 0.3) is 0 Å². The summed E-state index contributed by atoms with van der Waals surface area (Å²) in [5, 5.41) is 0. The number of nitrogens with zero attached hydrogens (tertiary/aromatic N) is 1. The zero-order valence-electron chi connectivity index (χ0n) is 9.78. The average molecular weight is 225 g/mol. The van der Waals surface area contributed by atoms with Crippen LogP contribution in [0.25, 0.3) is 0 Å². The van der Waals surface area contributed by atoms with Crippen molar-refractivity contribution in [3.8, 4) is 0 Å². The van der Waals surface area contributed by atoms with E-state index in [4.69, 9.17) is 4.74 Å². The summed E-state index contributed by atoms with van der Waals surface area (Å²) in [6.07, 6.45) is 4.95. The summed E-state index contributed by atoms with van der Waals surface area (Å²) in [5.74, 6) is -0.311. The van der Waals surface area contributed by atoms with Crippen LogP contribution in [0.1, 0.15) is 39.0 Å². The fourth-order valence-electron chi connectivity index (χ4n) is 2.72. The summed E-state index contributed by atoms with van der Waals surface area (Å²) in [7, 11) is 0. The van der Waals surface area contributed by atoms with Gasteiger partial charge in [-0.05, 0) is 19.8 Å². The molecule has 1 unspecified atom stereocenters. The highest BCUT2D eigenvalue weighted by Crippen LogP contribution is 2.29. The number of likely N-dealkylation sites (tertiary alicyclic amines) is 1. The monoisotopic (exact) mass is 225 g/mol. The van der Waals surface area contributed by atoms with Crippen LogP contribution in [0.5, 0.6) is 0 Å². The van der Waals surface area contributed by atoms with Crippen molar-refractivity contribution in [2.75, 3.05) is 13.2 Å². The van der Waals surface area contributed by atoms with Gasteiger partial charge in [0, 0.05) is 19.0 Å². The predicted molar refractivity (Wildman–Crippen MR) is 58.7 cm³/mol. The van der Waals surface area contributed by atoms with E-state index in [0.717, 1.165) is 12.8 Å². The van der Waals surface area contributed by atoms with Gasteiger partial charge < -0.3 is 9.64 Å². The molecule has 2 fully saturated rings. The Kier molecular flexibility index (Phi) is 3.46. The summed E-state index contributed by atoms with van der Waals surface area (Å²) >= 11 is 0. The van der Waals surface area contributed by atoms with Crippen molar-refractivity contribution in [3.05, 3.63) is 0 Å². The SMILES string of the molecule is CCOC(=O)C1CC(=O)N(C2CCCC2)C1. The van der Waals surface area contributed by atoms with Crippen LogP contribution < -0.4 is 0 Å². The second kappa shape index (κ2) is 4.85. The molecule has 16 heavy (non-hydrogen) atoms. The highest BCUT2D eigenvalue weighted by atomic mass is 16.5. The molecule has 1 amide bonds. The lowest BCUT2D eigenvalue weighted by molar-refractivity contribution is -0.147. The summed E-state index contributed by atoms with van der Waals surface area (Å²) in [5.41, 5.74) is 0. The lowest BCUT2D eigenvalue weighted by Crippen LogP contribution is -2.35. The number of hydrogen-bond acceptors (Lipinski definition) is 3. The second-order valence-electron chi connectivity index (χ2n) is 4.64. The molecule has 0 N–H and O–H groups in total. The Balaban J connectivity index is 1.93. The van der Waals surface area contributed by atoms with E-state index in [-0.39, 0.29) is 17.8 Å². The fourth-order valence-corrected chi connectivity index (χ4v) is 2.72. The summed E-state index contributed by atoms with van der Waals surface area (Å²) in [6, 6.07) is 0.381. The number of carbonyl (C=O) groups is 2. The first-order valence-electron chi connectivity index (χ1n) is 6.18. The zero-order chi connectivity index (χ0) is 11.5. The number of amides is 1. The maximum absolute atomic E-state index is 11.8. The molecule has 1 aliphatic heterocycles. The topological polar surface area (TPSA) is 46.6 Å². The van der Waals surface area contributed by atoms with Crippen molar-refractivity contribution in [1.82, 2.24) is 4.90 Å². The Labute approximate surface area is 95.9 Å². The van der Waals surface area contributed by atoms with E-state index < -0.39 is 0 Å². The third-order valence-corrected chi connectivity index (χ3v) is 3.54. The van der Waals surface area contributed by atoms with Gasteiger partial charge >= 0.3 is 5.97 Å². The first-order valence-corrected chi connectivity index (χ1v) is 6.18. The molecular weight excluding hydrogens is 206 g/mol. The number of esters is 1. The van der Waals surface area contributed by atoms with Crippen molar-refractivity contribution in [3.63, 3.8) is 0 Å². The molecule has 2 rings (SSSR count). The van der Waals surface area contributed by atoms with Gasteiger partial charge in [-0.2, -0.15) is 0 Å². The van der Waals surface area contributed by atoms with E-state index in [1.807, 2.05) is 4.90 Å². The predicted octanol–water partition coefficient (Wildman–Crippen LogP) is 1.34. The number of carbonyl (C=O) groups excluding carboxylic acids is 2. The molecule has 2 aliphatic rings. The number of rotatable bonds is 3. The van der Waals surface area contributed by atoms with Gasteiger partial charge in [-0.3, -0.25) is 9.59 Å². The van der Waals surface area contributed by atoms with Crippen molar-refractivity contribution < 1.29 is 14.3 Å². The maximum atomic E-state index is 11.8. The third kappa shape index (κ3) is 2.20. The Bertz CT molecular complexity index is 284. The van der Waals surface area contributed by atoms with Crippen molar-refractivity contribution in [2.45, 2.75) is 45.1 Å². The van der Waals surface area contributed by atoms with E-state index in [0.29, 0.717) is 25.6 Å². The van der Waals surface area contributed by atoms with Crippen LogP contribution >= 0.6 is 0 Å². The first kappa shape index (κ1) is 11.4. The minimum atomic E-state index is -0.229. The third-order valence-electron chi connectivity index (χ3n) is 3.54. The Morgan fingerprint density at radius 2 is 2.12 bits per heavy atom. The zero-order valence-corrected chi connectivity index (χ0v) is 9.78. The minimum Gasteiger partial charge on any atom is -0.466 e. The summed E-state index contributed by atoms with van der Waals surface area (Å²) < 4.78 is 4.97. The Morgan fingerprint density at radius 1 is 1.44 bits per heavy atom. The molecule has 0 aromatic carbocycles. The van der Waals surface area contributed by atoms with E-state index >= 15 is 0 Å². The van der Waals surface area contributed by atoms with E-state index in [2.05, 4.69) is 0 Å². The van der Waals surface area contributed by atoms with Crippen LogP contribution in [0.4, 0.5) is 0 Å². The molecule has 90 valence electrons. The van der Waals surface area contributed by atoms with Gasteiger partial charge in [-0.1, -0.05) is 12.8 Å². The van der Waals surface area contributed by atoms with E-state index in [9.17, 15) is 9.59 Å². The maximum Gasteiger partial charge on any atom is 0.311 e. The van der Waals surface area contributed by atoms with Crippen LogP contribution in [0.15, 0.2) is 0 Å². The first-order chi connectivity index (χ1) is 7.72. The molecule has 0 radical (unpaired) electrons. The average Bonchev–Trinajstić information content (AvgIpc) is 2.86. The fraction of sp³-hybridized carbons (Fsp3) is 0.833. The standard InChI is InChI=1S/C12H19NO3/c1-2-16-12(15)9-7-11(14)13(8-9)10-5-3-4-6-10/h9-10H,2-8H2,1H3. The minimum absolute atomic E-state index is 0.130. The molecule has 1 aliphatic carbocycles. The second-order valence-corrected chi connectivity index (χ2v) is 4.64. The summed E-state index contributed by atoms with van der Waals surface area (Å²) in [4.78, 5) is 25.2. The smallest absolute Gasteiger partial charge is 0.311 e. The van der Waals surface area contributed by atoms with Crippen molar-refractivity contribution in [1.29, 1.82) is 0 Å². The van der Waals surface area contributed by atoms with Gasteiger partial charge in [0.05, 0.1) is 12.5 Å². The van der Waals surface area contributed by atoms with Crippen LogP contribution in [-0.2, 0) is 14.3 Å². The van der Waals surface area contributed by atoms with Gasteiger partial charge in [-0.15, -0.1) is 0 Å². The van der Waals surface area contributed by atoms with Crippen molar-refractivity contribution >= 4 is 11.9 Å². The number of ether oxygens (including phenoxy) is 1. The Morgan fingerprint density at radius 3 is 2.75 bits per heavy atom. The molecule has 0 aromatic rings. The highest BCUT2D eigenvalue weighted by Gasteiger charge is 2.39. The van der Waals surface area contributed by atoms with E-state index in [1.165, 1.54) is 12.8 Å². The van der Waals surface area contributed by atoms with Crippen LogP contribution in [-0.4, -0.2) is 36.0 Å². The van der Waals surface area contributed by atoms with Crippen LogP contribution in [0, 0.1) is 5.92 Å².